The third-order valence-electron chi connectivity index (χ3n) is 27.1. The first kappa shape index (κ1) is 96.7. The van der Waals surface area contributed by atoms with E-state index in [9.17, 15) is 33.6 Å². The highest BCUT2D eigenvalue weighted by Crippen LogP contribution is 2.47. The van der Waals surface area contributed by atoms with Gasteiger partial charge in [-0.05, 0) is 232 Å². The highest BCUT2D eigenvalue weighted by atomic mass is 16.5. The van der Waals surface area contributed by atoms with E-state index in [1.54, 1.807) is 143 Å². The number of ether oxygens (including phenoxy) is 2. The molecule has 4 fully saturated rings. The second-order valence-electron chi connectivity index (χ2n) is 39.3. The lowest BCUT2D eigenvalue weighted by molar-refractivity contribution is -0.126. The maximum Gasteiger partial charge on any atom is 0.271 e. The summed E-state index contributed by atoms with van der Waals surface area (Å²) >= 11 is 0. The minimum atomic E-state index is -0.571. The van der Waals surface area contributed by atoms with E-state index in [0.29, 0.717) is 107 Å². The molecular weight excluding hydrogens is 1730 g/mol. The smallest absolute Gasteiger partial charge is 0.271 e. The molecule has 0 spiro atoms. The number of fused-ring (bicyclic) bond motifs is 4. The van der Waals surface area contributed by atoms with Gasteiger partial charge in [0.1, 0.15) is 34.2 Å². The molecule has 0 bridgehead atoms. The molecule has 18 rings (SSSR count). The van der Waals surface area contributed by atoms with Crippen LogP contribution >= 0.6 is 0 Å². The maximum atomic E-state index is 13.3. The van der Waals surface area contributed by atoms with Crippen molar-refractivity contribution in [2.24, 2.45) is 21.7 Å². The number of H-pyrrole nitrogens is 2. The number of aromatic nitrogens is 12. The van der Waals surface area contributed by atoms with Gasteiger partial charge < -0.3 is 90.4 Å². The molecule has 720 valence electrons. The fourth-order valence-corrected chi connectivity index (χ4v) is 19.6. The van der Waals surface area contributed by atoms with Gasteiger partial charge in [0.05, 0.1) is 83.4 Å². The summed E-state index contributed by atoms with van der Waals surface area (Å²) < 4.78 is 12.5. The van der Waals surface area contributed by atoms with Gasteiger partial charge in [-0.15, -0.1) is 0 Å². The number of carbonyl (C=O) groups excluding carboxylic acids is 6. The molecule has 4 aromatic carbocycles. The minimum absolute atomic E-state index is 0.0428. The number of nitrogens with zero attached hydrogens (tertiary/aromatic N) is 20. The molecule has 1 atom stereocenters. The predicted molar refractivity (Wildman–Crippen MR) is 533 cm³/mol. The number of likely N-dealkylation sites (tertiary alicyclic amines) is 2. The van der Waals surface area contributed by atoms with E-state index < -0.39 is 21.7 Å². The number of rotatable bonds is 18. The second kappa shape index (κ2) is 40.4. The van der Waals surface area contributed by atoms with E-state index in [1.807, 2.05) is 124 Å². The van der Waals surface area contributed by atoms with Crippen LogP contribution in [0.5, 0.6) is 11.5 Å². The molecule has 8 aliphatic rings. The van der Waals surface area contributed by atoms with Gasteiger partial charge >= 0.3 is 0 Å². The van der Waals surface area contributed by atoms with Crippen LogP contribution < -0.4 is 86.1 Å². The van der Waals surface area contributed by atoms with E-state index in [-0.39, 0.29) is 53.1 Å². The number of aryl methyl sites for hydroxylation is 1. The molecule has 2 saturated carbocycles. The lowest BCUT2D eigenvalue weighted by Crippen LogP contribution is -2.51. The van der Waals surface area contributed by atoms with Gasteiger partial charge in [-0.1, -0.05) is 37.8 Å². The van der Waals surface area contributed by atoms with E-state index >= 15 is 0 Å². The third kappa shape index (κ3) is 21.0. The zero-order valence-corrected chi connectivity index (χ0v) is 81.7. The molecule has 2 saturated heterocycles. The number of anilines is 16. The number of nitrogens with one attached hydrogen (secondary N) is 8. The van der Waals surface area contributed by atoms with Gasteiger partial charge in [-0.3, -0.25) is 43.8 Å². The largest absolute Gasteiger partial charge is 0.495 e. The molecule has 12 heterocycles. The summed E-state index contributed by atoms with van der Waals surface area (Å²) in [4.78, 5) is 147. The number of methoxy groups -OCH3 is 2. The molecule has 0 radical (unpaired) electrons. The summed E-state index contributed by atoms with van der Waals surface area (Å²) in [5.41, 5.74) is 8.24. The Morgan fingerprint density at radius 1 is 0.419 bits per heavy atom. The molecule has 6 aromatic heterocycles. The summed E-state index contributed by atoms with van der Waals surface area (Å²) in [6.45, 7) is 24.3. The Morgan fingerprint density at radius 3 is 1.12 bits per heavy atom. The molecule has 37 heteroatoms. The van der Waals surface area contributed by atoms with Gasteiger partial charge in [0.2, 0.25) is 47.4 Å². The number of piperidine rings is 2. The monoisotopic (exact) mass is 1860 g/mol. The maximum absolute atomic E-state index is 13.3. The first-order valence-corrected chi connectivity index (χ1v) is 46.9. The first-order chi connectivity index (χ1) is 64.9. The van der Waals surface area contributed by atoms with Crippen LogP contribution in [-0.2, 0) is 19.2 Å². The van der Waals surface area contributed by atoms with E-state index in [1.165, 1.54) is 30.4 Å². The Kier molecular flexibility index (Phi) is 28.7. The van der Waals surface area contributed by atoms with E-state index in [0.717, 1.165) is 146 Å². The van der Waals surface area contributed by atoms with Crippen molar-refractivity contribution in [3.8, 4) is 28.4 Å². The fraction of sp³-hybridized carbons (Fsp3) is 0.475. The molecule has 0 unspecified atom stereocenters. The first-order valence-electron chi connectivity index (χ1n) is 46.9. The van der Waals surface area contributed by atoms with Gasteiger partial charge in [0.25, 0.3) is 17.4 Å². The standard InChI is InChI=1S/2C25H35N7O3.C25H31N7O2.C24H29N7O/c1-25(2)15-32(17-9-11-30(4)12-10-17)21-19(31(5)23(25)34)14-27-24(29-21)28-18-8-7-16(22(33)26-3)13-20(18)35-6;1-25(2)15-32(17-8-7-11-30(4)14-17)21-19(31(5)23(25)34)13-27-24(29-21)28-18-10-9-16(22(33)26-3)12-20(18)35-6;1-16-13-21(33)32(29-16)19-11-9-17(10-12-19)27-24-26-14-20-22(28-24)31(18-7-5-6-8-18)15-25(2,3)23(34)30(20)4;1-24(2)15-31(18-6-4-5-7-18)21-20(30(3)22(24)32)14-25-23(28-21)27-17-10-8-16(9-11-17)19-12-13-26-29-19/h7-8,13-14,17H,9-12,15H2,1-6H3,(H,26,33)(H,27,28,29);9-10,12-13,17H,7-8,11,14-15H2,1-6H3,(H,26,33)(H,27,28,29);9-14,18,29H,5-8,15H2,1-4H3,(H,26,27,28);8-14,18H,4-7,15H2,1-3H3,(H,26,29)(H,25,27,28)/t;17-;;/m.1../s1. The van der Waals surface area contributed by atoms with Gasteiger partial charge in [-0.25, -0.2) is 24.6 Å². The van der Waals surface area contributed by atoms with Gasteiger partial charge in [-0.2, -0.15) is 25.0 Å². The summed E-state index contributed by atoms with van der Waals surface area (Å²) in [6, 6.07) is 30.7. The van der Waals surface area contributed by atoms with Crippen molar-refractivity contribution in [2.45, 2.75) is 164 Å². The zero-order valence-electron chi connectivity index (χ0n) is 81.7. The molecule has 6 amide bonds. The van der Waals surface area contributed by atoms with Crippen molar-refractivity contribution < 1.29 is 38.2 Å². The minimum Gasteiger partial charge on any atom is -0.495 e. The average Bonchev–Trinajstić information content (AvgIpc) is 1.64. The molecule has 37 nitrogen and oxygen atoms in total. The summed E-state index contributed by atoms with van der Waals surface area (Å²) in [5, 5.41) is 28.3. The highest BCUT2D eigenvalue weighted by Gasteiger charge is 2.47. The van der Waals surface area contributed by atoms with E-state index in [4.69, 9.17) is 29.4 Å². The second-order valence-corrected chi connectivity index (χ2v) is 39.3. The molecule has 8 N–H and O–H groups in total. The summed E-state index contributed by atoms with van der Waals surface area (Å²) in [7, 11) is 17.8. The van der Waals surface area contributed by atoms with Crippen LogP contribution in [0.4, 0.5) is 92.6 Å². The zero-order chi connectivity index (χ0) is 97.0. The Bertz CT molecular complexity index is 6060. The van der Waals surface area contributed by atoms with Crippen LogP contribution in [0.3, 0.4) is 0 Å². The molecule has 136 heavy (non-hydrogen) atoms. The number of benzene rings is 4. The predicted octanol–water partition coefficient (Wildman–Crippen LogP) is 13.1. The molecule has 2 aliphatic carbocycles. The third-order valence-corrected chi connectivity index (χ3v) is 27.1. The van der Waals surface area contributed by atoms with Crippen molar-refractivity contribution in [3.05, 3.63) is 155 Å². The molecule has 10 aromatic rings. The van der Waals surface area contributed by atoms with Crippen LogP contribution in [0.2, 0.25) is 0 Å². The van der Waals surface area contributed by atoms with Crippen LogP contribution in [0, 0.1) is 28.6 Å². The van der Waals surface area contributed by atoms with Crippen molar-refractivity contribution in [2.75, 3.05) is 183 Å². The van der Waals surface area contributed by atoms with Crippen molar-refractivity contribution >= 4 is 128 Å². The lowest BCUT2D eigenvalue weighted by Gasteiger charge is -2.40. The van der Waals surface area contributed by atoms with Crippen molar-refractivity contribution in [3.63, 3.8) is 0 Å². The summed E-state index contributed by atoms with van der Waals surface area (Å²) in [6.07, 6.45) is 22.1. The number of aromatic amines is 2. The normalized spacial score (nSPS) is 18.9. The van der Waals surface area contributed by atoms with Crippen LogP contribution in [0.1, 0.15) is 159 Å². The molecule has 6 aliphatic heterocycles. The Balaban J connectivity index is 0.000000138. The van der Waals surface area contributed by atoms with Crippen LogP contribution in [0.25, 0.3) is 16.9 Å². The Morgan fingerprint density at radius 2 is 0.779 bits per heavy atom. The van der Waals surface area contributed by atoms with Crippen LogP contribution in [-0.4, -0.2) is 252 Å². The van der Waals surface area contributed by atoms with Gasteiger partial charge in [0, 0.05) is 140 Å². The number of carbonyl (C=O) groups is 6. The Labute approximate surface area is 794 Å². The topological polar surface area (TPSA) is 395 Å². The lowest BCUT2D eigenvalue weighted by atomic mass is 9.90. The van der Waals surface area contributed by atoms with Crippen molar-refractivity contribution in [1.29, 1.82) is 0 Å². The number of likely N-dealkylation sites (N-methyl/N-ethyl adjacent to an activating group) is 1. The summed E-state index contributed by atoms with van der Waals surface area (Å²) in [5.74, 6) is 5.80. The molecular formula is C99H130N28O9. The van der Waals surface area contributed by atoms with Crippen LogP contribution in [0.15, 0.2) is 133 Å². The SMILES string of the molecule is CN1C(=O)C(C)(C)CN(C2CCCC2)c2nc(Nc3ccc(-c4ccn[nH]4)cc3)ncc21.CNC(=O)c1ccc(Nc2ncc3c(n2)N(C2CCN(C)CC2)CC(C)(C)C(=O)N3C)c(OC)c1.CNC(=O)c1ccc(Nc2ncc3c(n2)N([C@@H]2CCCN(C)C2)CC(C)(C)C(=O)N3C)c(OC)c1.Cc1cc(=O)n(-c2ccc(Nc3ncc4c(n3)N(C3CCCC3)CC(C)(C)C(=O)N4C)cc2)[nH]1. The fourth-order valence-electron chi connectivity index (χ4n) is 19.6. The Hall–Kier alpha value is -13.8. The average molecular weight is 1860 g/mol. The van der Waals surface area contributed by atoms with Crippen molar-refractivity contribution in [1.82, 2.24) is 80.3 Å². The van der Waals surface area contributed by atoms with Gasteiger partial charge in [0.15, 0.2) is 23.3 Å². The highest BCUT2D eigenvalue weighted by molar-refractivity contribution is 6.04. The quantitative estimate of drug-likeness (QED) is 0.0395. The number of hydrogen-bond donors (Lipinski definition) is 8. The van der Waals surface area contributed by atoms with E-state index in [2.05, 4.69) is 111 Å². The number of hydrogen-bond acceptors (Lipinski definition) is 28. The number of amides is 6.